The number of aryl methyl sites for hydroxylation is 2. The topological polar surface area (TPSA) is 32.3 Å². The van der Waals surface area contributed by atoms with Crippen LogP contribution in [-0.4, -0.2) is 5.11 Å². The molecule has 0 aliphatic rings. The summed E-state index contributed by atoms with van der Waals surface area (Å²) < 4.78 is 13.6. The quantitative estimate of drug-likeness (QED) is 0.565. The van der Waals surface area contributed by atoms with E-state index in [9.17, 15) is 9.50 Å². The van der Waals surface area contributed by atoms with Gasteiger partial charge in [-0.2, -0.15) is 0 Å². The minimum atomic E-state index is -0.497. The Balaban J connectivity index is 2.37. The molecule has 0 amide bonds. The van der Waals surface area contributed by atoms with Gasteiger partial charge in [-0.15, -0.1) is 0 Å². The van der Waals surface area contributed by atoms with Crippen LogP contribution in [0.4, 0.5) is 10.1 Å². The van der Waals surface area contributed by atoms with Crippen molar-refractivity contribution in [1.82, 2.24) is 0 Å². The maximum Gasteiger partial charge on any atom is 0.142 e. The highest BCUT2D eigenvalue weighted by atomic mass is 35.5. The van der Waals surface area contributed by atoms with Crippen LogP contribution < -0.4 is 5.32 Å². The van der Waals surface area contributed by atoms with Gasteiger partial charge < -0.3 is 10.4 Å². The van der Waals surface area contributed by atoms with Gasteiger partial charge in [0.05, 0.1) is 11.1 Å². The molecule has 0 fully saturated rings. The molecule has 0 radical (unpaired) electrons. The molecule has 0 aliphatic carbocycles. The van der Waals surface area contributed by atoms with Crippen molar-refractivity contribution in [3.05, 3.63) is 56.8 Å². The lowest BCUT2D eigenvalue weighted by Gasteiger charge is -2.20. The van der Waals surface area contributed by atoms with Gasteiger partial charge in [0.1, 0.15) is 11.6 Å². The Morgan fingerprint density at radius 1 is 1.14 bits per heavy atom. The Labute approximate surface area is 133 Å². The van der Waals surface area contributed by atoms with Gasteiger partial charge in [-0.3, -0.25) is 0 Å². The Bertz CT molecular complexity index is 688. The molecule has 5 heteroatoms. The van der Waals surface area contributed by atoms with Crippen LogP contribution in [0.2, 0.25) is 10.0 Å². The number of rotatable bonds is 3. The number of nitrogens with one attached hydrogen (secondary N) is 1. The lowest BCUT2D eigenvalue weighted by atomic mass is 10.1. The number of hydrogen-bond donors (Lipinski definition) is 2. The molecule has 2 aromatic rings. The SMILES string of the molecule is Cc1cc(NC(C)c2c(Cl)ccc(F)c2Cl)c(C)cc1O. The van der Waals surface area contributed by atoms with Crippen molar-refractivity contribution in [2.24, 2.45) is 0 Å². The van der Waals surface area contributed by atoms with Gasteiger partial charge in [-0.25, -0.2) is 4.39 Å². The lowest BCUT2D eigenvalue weighted by Crippen LogP contribution is -2.10. The number of phenols is 1. The van der Waals surface area contributed by atoms with Crippen molar-refractivity contribution in [2.45, 2.75) is 26.8 Å². The maximum atomic E-state index is 13.6. The van der Waals surface area contributed by atoms with Crippen LogP contribution >= 0.6 is 23.2 Å². The van der Waals surface area contributed by atoms with E-state index < -0.39 is 5.82 Å². The summed E-state index contributed by atoms with van der Waals surface area (Å²) in [6.07, 6.45) is 0. The van der Waals surface area contributed by atoms with Crippen molar-refractivity contribution < 1.29 is 9.50 Å². The molecule has 1 atom stereocenters. The zero-order valence-electron chi connectivity index (χ0n) is 12.0. The molecular formula is C16H16Cl2FNO. The fraction of sp³-hybridized carbons (Fsp3) is 0.250. The first-order valence-electron chi connectivity index (χ1n) is 6.51. The van der Waals surface area contributed by atoms with Crippen LogP contribution in [0, 0.1) is 19.7 Å². The highest BCUT2D eigenvalue weighted by molar-refractivity contribution is 6.36. The van der Waals surface area contributed by atoms with Crippen LogP contribution in [-0.2, 0) is 0 Å². The van der Waals surface area contributed by atoms with Gasteiger partial charge in [0, 0.05) is 16.3 Å². The summed E-state index contributed by atoms with van der Waals surface area (Å²) in [4.78, 5) is 0. The molecule has 1 unspecified atom stereocenters. The van der Waals surface area contributed by atoms with E-state index in [4.69, 9.17) is 23.2 Å². The van der Waals surface area contributed by atoms with E-state index in [-0.39, 0.29) is 16.8 Å². The summed E-state index contributed by atoms with van der Waals surface area (Å²) in [5, 5.41) is 13.4. The van der Waals surface area contributed by atoms with Gasteiger partial charge in [0.25, 0.3) is 0 Å². The molecule has 2 rings (SSSR count). The highest BCUT2D eigenvalue weighted by Gasteiger charge is 2.18. The lowest BCUT2D eigenvalue weighted by molar-refractivity contribution is 0.470. The molecule has 112 valence electrons. The molecule has 0 aliphatic heterocycles. The van der Waals surface area contributed by atoms with Crippen molar-refractivity contribution in [3.63, 3.8) is 0 Å². The first-order valence-corrected chi connectivity index (χ1v) is 7.27. The fourth-order valence-electron chi connectivity index (χ4n) is 2.20. The van der Waals surface area contributed by atoms with Gasteiger partial charge in [0.2, 0.25) is 0 Å². The Morgan fingerprint density at radius 3 is 2.48 bits per heavy atom. The second kappa shape index (κ2) is 6.12. The predicted molar refractivity (Wildman–Crippen MR) is 86.0 cm³/mol. The van der Waals surface area contributed by atoms with Crippen molar-refractivity contribution in [3.8, 4) is 5.75 Å². The summed E-state index contributed by atoms with van der Waals surface area (Å²) in [5.41, 5.74) is 3.00. The second-order valence-corrected chi connectivity index (χ2v) is 5.86. The average molecular weight is 328 g/mol. The van der Waals surface area contributed by atoms with E-state index in [1.807, 2.05) is 26.8 Å². The first-order chi connectivity index (χ1) is 9.81. The fourth-order valence-corrected chi connectivity index (χ4v) is 2.90. The summed E-state index contributed by atoms with van der Waals surface area (Å²) in [7, 11) is 0. The van der Waals surface area contributed by atoms with Crippen LogP contribution in [0.25, 0.3) is 0 Å². The largest absolute Gasteiger partial charge is 0.508 e. The highest BCUT2D eigenvalue weighted by Crippen LogP contribution is 2.35. The van der Waals surface area contributed by atoms with Gasteiger partial charge in [-0.05, 0) is 56.2 Å². The van der Waals surface area contributed by atoms with Crippen molar-refractivity contribution >= 4 is 28.9 Å². The standard InChI is InChI=1S/C16H16Cl2FNO/c1-8-7-14(21)9(2)6-13(8)20-10(3)15-11(17)4-5-12(19)16(15)18/h4-7,10,20-21H,1-3H3. The molecule has 0 saturated carbocycles. The molecule has 0 aromatic heterocycles. The third-order valence-electron chi connectivity index (χ3n) is 3.43. The maximum absolute atomic E-state index is 13.6. The molecule has 2 nitrogen and oxygen atoms in total. The summed E-state index contributed by atoms with van der Waals surface area (Å²) in [6, 6.07) is 5.98. The van der Waals surface area contributed by atoms with Gasteiger partial charge >= 0.3 is 0 Å². The van der Waals surface area contributed by atoms with Gasteiger partial charge in [0.15, 0.2) is 0 Å². The number of aromatic hydroxyl groups is 1. The predicted octanol–water partition coefficient (Wildman–Crippen LogP) is 5.63. The number of anilines is 1. The number of halogens is 3. The Hall–Kier alpha value is -1.45. The molecule has 2 aromatic carbocycles. The van der Waals surface area contributed by atoms with Crippen LogP contribution in [0.15, 0.2) is 24.3 Å². The van der Waals surface area contributed by atoms with Crippen LogP contribution in [0.5, 0.6) is 5.75 Å². The molecule has 0 spiro atoms. The first kappa shape index (κ1) is 15.9. The van der Waals surface area contributed by atoms with E-state index in [2.05, 4.69) is 5.32 Å². The Morgan fingerprint density at radius 2 is 1.81 bits per heavy atom. The monoisotopic (exact) mass is 327 g/mol. The van der Waals surface area contributed by atoms with Gasteiger partial charge in [-0.1, -0.05) is 23.2 Å². The Kier molecular flexibility index (Phi) is 4.64. The second-order valence-electron chi connectivity index (χ2n) is 5.08. The minimum absolute atomic E-state index is 0.0238. The average Bonchev–Trinajstić information content (AvgIpc) is 2.41. The summed E-state index contributed by atoms with van der Waals surface area (Å²) in [5.74, 6) is -0.254. The summed E-state index contributed by atoms with van der Waals surface area (Å²) in [6.45, 7) is 5.55. The number of phenolic OH excluding ortho intramolecular Hbond substituents is 1. The smallest absolute Gasteiger partial charge is 0.142 e. The normalized spacial score (nSPS) is 12.3. The van der Waals surface area contributed by atoms with Crippen LogP contribution in [0.1, 0.15) is 29.7 Å². The van der Waals surface area contributed by atoms with E-state index >= 15 is 0 Å². The van der Waals surface area contributed by atoms with Crippen molar-refractivity contribution in [1.29, 1.82) is 0 Å². The number of hydrogen-bond acceptors (Lipinski definition) is 2. The minimum Gasteiger partial charge on any atom is -0.508 e. The van der Waals surface area contributed by atoms with Crippen LogP contribution in [0.3, 0.4) is 0 Å². The molecular weight excluding hydrogens is 312 g/mol. The zero-order chi connectivity index (χ0) is 15.7. The van der Waals surface area contributed by atoms with E-state index in [0.29, 0.717) is 10.6 Å². The van der Waals surface area contributed by atoms with Crippen molar-refractivity contribution in [2.75, 3.05) is 5.32 Å². The molecule has 0 bridgehead atoms. The van der Waals surface area contributed by atoms with E-state index in [1.54, 1.807) is 6.07 Å². The molecule has 21 heavy (non-hydrogen) atoms. The third-order valence-corrected chi connectivity index (χ3v) is 4.14. The molecule has 0 saturated heterocycles. The number of benzene rings is 2. The zero-order valence-corrected chi connectivity index (χ0v) is 13.5. The molecule has 0 heterocycles. The third kappa shape index (κ3) is 3.25. The summed E-state index contributed by atoms with van der Waals surface area (Å²) >= 11 is 12.1. The van der Waals surface area contributed by atoms with E-state index in [1.165, 1.54) is 12.1 Å². The molecule has 2 N–H and O–H groups in total. The van der Waals surface area contributed by atoms with E-state index in [0.717, 1.165) is 16.8 Å².